The molecule has 1 aromatic rings. The Morgan fingerprint density at radius 3 is 2.68 bits per heavy atom. The molecule has 7 heteroatoms. The van der Waals surface area contributed by atoms with E-state index in [1.807, 2.05) is 30.7 Å². The number of guanidine groups is 1. The summed E-state index contributed by atoms with van der Waals surface area (Å²) >= 11 is 0. The van der Waals surface area contributed by atoms with Crippen LogP contribution >= 0.6 is 24.0 Å². The van der Waals surface area contributed by atoms with Crippen LogP contribution in [-0.4, -0.2) is 54.7 Å². The zero-order chi connectivity index (χ0) is 19.5. The van der Waals surface area contributed by atoms with E-state index in [2.05, 4.69) is 27.4 Å². The molecule has 1 fully saturated rings. The molecule has 1 aromatic heterocycles. The molecule has 2 rings (SSSR count). The average molecular weight is 503 g/mol. The van der Waals surface area contributed by atoms with Crippen molar-refractivity contribution in [2.75, 3.05) is 33.2 Å². The lowest BCUT2D eigenvalue weighted by atomic mass is 10.0. The lowest BCUT2D eigenvalue weighted by Gasteiger charge is -2.35. The molecule has 1 unspecified atom stereocenters. The second-order valence-corrected chi connectivity index (χ2v) is 7.38. The molecule has 0 radical (unpaired) electrons. The molecule has 1 aliphatic rings. The van der Waals surface area contributed by atoms with Crippen molar-refractivity contribution in [2.24, 2.45) is 4.99 Å². The van der Waals surface area contributed by atoms with E-state index in [1.54, 1.807) is 6.07 Å². The first kappa shape index (κ1) is 24.9. The zero-order valence-electron chi connectivity index (χ0n) is 17.7. The Labute approximate surface area is 187 Å². The quantitative estimate of drug-likeness (QED) is 0.236. The van der Waals surface area contributed by atoms with E-state index < -0.39 is 0 Å². The number of aromatic nitrogens is 1. The fourth-order valence-electron chi connectivity index (χ4n) is 3.87. The zero-order valence-corrected chi connectivity index (χ0v) is 20.1. The lowest BCUT2D eigenvalue weighted by Crippen LogP contribution is -2.46. The van der Waals surface area contributed by atoms with Gasteiger partial charge in [0.05, 0.1) is 0 Å². The van der Waals surface area contributed by atoms with Crippen LogP contribution in [0.1, 0.15) is 51.1 Å². The minimum Gasteiger partial charge on any atom is -0.356 e. The highest BCUT2D eigenvalue weighted by molar-refractivity contribution is 14.0. The average Bonchev–Trinajstić information content (AvgIpc) is 2.68. The van der Waals surface area contributed by atoms with Crippen LogP contribution in [0, 0.1) is 6.92 Å². The fourth-order valence-corrected chi connectivity index (χ4v) is 3.87. The second kappa shape index (κ2) is 14.0. The molecule has 0 aromatic carbocycles. The number of hydrogen-bond donors (Lipinski definition) is 2. The Kier molecular flexibility index (Phi) is 12.5. The molecular formula is C21H38IN5O. The fraction of sp³-hybridized carbons (Fsp3) is 0.714. The van der Waals surface area contributed by atoms with Gasteiger partial charge < -0.3 is 15.2 Å². The van der Waals surface area contributed by atoms with E-state index in [4.69, 9.17) is 0 Å². The summed E-state index contributed by atoms with van der Waals surface area (Å²) in [6.45, 7) is 9.14. The Balaban J connectivity index is 0.00000392. The predicted octanol–water partition coefficient (Wildman–Crippen LogP) is 2.98. The number of likely N-dealkylation sites (tertiary alicyclic amines) is 1. The largest absolute Gasteiger partial charge is 0.356 e. The molecule has 0 bridgehead atoms. The van der Waals surface area contributed by atoms with E-state index in [-0.39, 0.29) is 29.5 Å². The Bertz CT molecular complexity index is 646. The minimum absolute atomic E-state index is 0. The predicted molar refractivity (Wildman–Crippen MR) is 129 cm³/mol. The number of nitrogens with zero attached hydrogens (tertiary/aromatic N) is 3. The van der Waals surface area contributed by atoms with Crippen molar-refractivity contribution in [2.45, 2.75) is 65.0 Å². The van der Waals surface area contributed by atoms with Crippen LogP contribution in [-0.2, 0) is 6.54 Å². The summed E-state index contributed by atoms with van der Waals surface area (Å²) in [4.78, 5) is 18.8. The summed E-state index contributed by atoms with van der Waals surface area (Å²) in [6, 6.07) is 6.18. The number of unbranched alkanes of at least 4 members (excludes halogenated alkanes) is 1. The number of nitrogens with one attached hydrogen (secondary N) is 2. The van der Waals surface area contributed by atoms with Crippen LogP contribution in [0.5, 0.6) is 0 Å². The highest BCUT2D eigenvalue weighted by Gasteiger charge is 2.19. The monoisotopic (exact) mass is 503 g/mol. The number of halogens is 1. The maximum absolute atomic E-state index is 11.9. The molecule has 0 saturated carbocycles. The number of hydrogen-bond acceptors (Lipinski definition) is 3. The Morgan fingerprint density at radius 2 is 1.96 bits per heavy atom. The molecule has 0 amide bonds. The van der Waals surface area contributed by atoms with Gasteiger partial charge in [0.2, 0.25) is 0 Å². The van der Waals surface area contributed by atoms with Crippen molar-refractivity contribution in [3.8, 4) is 0 Å². The molecule has 160 valence electrons. The highest BCUT2D eigenvalue weighted by atomic mass is 127. The summed E-state index contributed by atoms with van der Waals surface area (Å²) in [5, 5.41) is 6.81. The molecule has 1 saturated heterocycles. The number of aliphatic imine (C=N–C) groups is 1. The topological polar surface area (TPSA) is 61.7 Å². The van der Waals surface area contributed by atoms with Gasteiger partial charge >= 0.3 is 0 Å². The standard InChI is InChI=1S/C21H37N5O.HI/c1-4-19-11-5-7-15-25(19)17-14-24-21(22-3)23-13-6-8-16-26-18(2)10-9-12-20(26)27;/h9-10,12,19H,4-8,11,13-17H2,1-3H3,(H2,22,23,24);1H. The van der Waals surface area contributed by atoms with Gasteiger partial charge in [-0.15, -0.1) is 24.0 Å². The third kappa shape index (κ3) is 8.11. The molecular weight excluding hydrogens is 465 g/mol. The maximum Gasteiger partial charge on any atom is 0.250 e. The molecule has 1 atom stereocenters. The van der Waals surface area contributed by atoms with Crippen molar-refractivity contribution >= 4 is 29.9 Å². The van der Waals surface area contributed by atoms with Crippen molar-refractivity contribution in [1.82, 2.24) is 20.1 Å². The van der Waals surface area contributed by atoms with Crippen molar-refractivity contribution < 1.29 is 0 Å². The van der Waals surface area contributed by atoms with Crippen LogP contribution in [0.15, 0.2) is 28.0 Å². The maximum atomic E-state index is 11.9. The highest BCUT2D eigenvalue weighted by Crippen LogP contribution is 2.18. The molecule has 0 spiro atoms. The second-order valence-electron chi connectivity index (χ2n) is 7.38. The summed E-state index contributed by atoms with van der Waals surface area (Å²) in [6.07, 6.45) is 7.27. The first-order valence-corrected chi connectivity index (χ1v) is 10.5. The van der Waals surface area contributed by atoms with Crippen molar-refractivity contribution in [3.05, 3.63) is 34.2 Å². The first-order chi connectivity index (χ1) is 13.2. The third-order valence-corrected chi connectivity index (χ3v) is 5.50. The van der Waals surface area contributed by atoms with Gasteiger partial charge in [-0.2, -0.15) is 0 Å². The SMILES string of the molecule is CCC1CCCCN1CCNC(=NC)NCCCCn1c(C)cccc1=O.I. The van der Waals surface area contributed by atoms with Crippen LogP contribution in [0.2, 0.25) is 0 Å². The van der Waals surface area contributed by atoms with E-state index in [1.165, 1.54) is 32.2 Å². The summed E-state index contributed by atoms with van der Waals surface area (Å²) in [5.41, 5.74) is 1.11. The van der Waals surface area contributed by atoms with Crippen molar-refractivity contribution in [1.29, 1.82) is 0 Å². The van der Waals surface area contributed by atoms with E-state index in [0.29, 0.717) is 0 Å². The molecule has 1 aliphatic heterocycles. The number of rotatable bonds is 9. The molecule has 6 nitrogen and oxygen atoms in total. The van der Waals surface area contributed by atoms with Gasteiger partial charge in [-0.25, -0.2) is 0 Å². The number of pyridine rings is 1. The first-order valence-electron chi connectivity index (χ1n) is 10.5. The van der Waals surface area contributed by atoms with E-state index >= 15 is 0 Å². The third-order valence-electron chi connectivity index (χ3n) is 5.50. The van der Waals surface area contributed by atoms with Crippen LogP contribution in [0.25, 0.3) is 0 Å². The Morgan fingerprint density at radius 1 is 1.18 bits per heavy atom. The van der Waals surface area contributed by atoms with Gasteiger partial charge in [0.25, 0.3) is 5.56 Å². The summed E-state index contributed by atoms with van der Waals surface area (Å²) in [7, 11) is 1.82. The van der Waals surface area contributed by atoms with Crippen LogP contribution in [0.4, 0.5) is 0 Å². The van der Waals surface area contributed by atoms with Gasteiger partial charge in [0.1, 0.15) is 0 Å². The van der Waals surface area contributed by atoms with E-state index in [9.17, 15) is 4.79 Å². The van der Waals surface area contributed by atoms with Gasteiger partial charge in [-0.3, -0.25) is 14.7 Å². The molecule has 28 heavy (non-hydrogen) atoms. The summed E-state index contributed by atoms with van der Waals surface area (Å²) in [5.74, 6) is 0.869. The minimum atomic E-state index is 0. The molecule has 0 aliphatic carbocycles. The van der Waals surface area contributed by atoms with Gasteiger partial charge in [0, 0.05) is 51.0 Å². The normalized spacial score (nSPS) is 17.8. The molecule has 2 heterocycles. The molecule has 2 N–H and O–H groups in total. The smallest absolute Gasteiger partial charge is 0.250 e. The van der Waals surface area contributed by atoms with E-state index in [0.717, 1.165) is 56.7 Å². The lowest BCUT2D eigenvalue weighted by molar-refractivity contribution is 0.147. The van der Waals surface area contributed by atoms with Crippen molar-refractivity contribution in [3.63, 3.8) is 0 Å². The van der Waals surface area contributed by atoms with Gasteiger partial charge in [-0.05, 0) is 51.6 Å². The van der Waals surface area contributed by atoms with Crippen LogP contribution in [0.3, 0.4) is 0 Å². The number of piperidine rings is 1. The number of aryl methyl sites for hydroxylation is 1. The summed E-state index contributed by atoms with van der Waals surface area (Å²) < 4.78 is 1.84. The van der Waals surface area contributed by atoms with Gasteiger partial charge in [0.15, 0.2) is 5.96 Å². The Hall–Kier alpha value is -1.09. The van der Waals surface area contributed by atoms with Crippen LogP contribution < -0.4 is 16.2 Å². The van der Waals surface area contributed by atoms with Gasteiger partial charge in [-0.1, -0.05) is 19.4 Å².